The van der Waals surface area contributed by atoms with E-state index in [1.807, 2.05) is 36.4 Å². The highest BCUT2D eigenvalue weighted by Gasteiger charge is 2.30. The highest BCUT2D eigenvalue weighted by atomic mass is 32.2. The molecule has 1 aliphatic heterocycles. The van der Waals surface area contributed by atoms with E-state index in [0.717, 1.165) is 12.0 Å². The van der Waals surface area contributed by atoms with E-state index in [0.29, 0.717) is 29.9 Å². The molecule has 8 heteroatoms. The van der Waals surface area contributed by atoms with E-state index in [-0.39, 0.29) is 17.2 Å². The molecule has 1 aliphatic rings. The van der Waals surface area contributed by atoms with Crippen LogP contribution in [0.15, 0.2) is 83.8 Å². The van der Waals surface area contributed by atoms with E-state index in [4.69, 9.17) is 0 Å². The zero-order chi connectivity index (χ0) is 22.8. The molecule has 0 N–H and O–H groups in total. The molecule has 4 rings (SSSR count). The number of hydrogen-bond acceptors (Lipinski definition) is 4. The first-order chi connectivity index (χ1) is 15.3. The first-order valence-electron chi connectivity index (χ1n) is 10.5. The molecule has 0 unspecified atom stereocenters. The molecule has 3 aromatic rings. The van der Waals surface area contributed by atoms with Crippen LogP contribution in [0.1, 0.15) is 24.0 Å². The van der Waals surface area contributed by atoms with Crippen LogP contribution >= 0.6 is 0 Å². The van der Waals surface area contributed by atoms with Crippen molar-refractivity contribution >= 4 is 31.4 Å². The molecule has 1 saturated heterocycles. The van der Waals surface area contributed by atoms with Gasteiger partial charge in [0.25, 0.3) is 10.0 Å². The second kappa shape index (κ2) is 8.96. The Morgan fingerprint density at radius 2 is 1.56 bits per heavy atom. The molecule has 0 amide bonds. The minimum absolute atomic E-state index is 0.0765. The number of rotatable bonds is 6. The third-order valence-corrected chi connectivity index (χ3v) is 9.38. The van der Waals surface area contributed by atoms with Gasteiger partial charge in [-0.2, -0.15) is 0 Å². The van der Waals surface area contributed by atoms with Crippen LogP contribution in [0.2, 0.25) is 0 Å². The highest BCUT2D eigenvalue weighted by Crippen LogP contribution is 2.32. The lowest BCUT2D eigenvalue weighted by atomic mass is 10.2. The summed E-state index contributed by atoms with van der Waals surface area (Å²) in [5, 5.41) is 0. The number of sulfonamides is 2. The van der Waals surface area contributed by atoms with Crippen LogP contribution in [-0.2, 0) is 26.6 Å². The van der Waals surface area contributed by atoms with Crippen molar-refractivity contribution in [1.82, 2.24) is 0 Å². The van der Waals surface area contributed by atoms with E-state index in [1.165, 1.54) is 14.7 Å². The average Bonchev–Trinajstić information content (AvgIpc) is 2.79. The number of anilines is 2. The quantitative estimate of drug-likeness (QED) is 0.538. The van der Waals surface area contributed by atoms with Crippen LogP contribution in [0.4, 0.5) is 11.4 Å². The standard InChI is InChI=1S/C24H26N2O4S2/c1-20-14-15-23(25-16-8-9-17-31(25,27)28)18-24(20)32(29,30)26(22-12-6-3-7-13-22)19-21-10-4-2-5-11-21/h2-7,10-15,18H,8-9,16-17,19H2,1H3. The lowest BCUT2D eigenvalue weighted by Gasteiger charge is -2.30. The molecule has 1 heterocycles. The maximum absolute atomic E-state index is 13.9. The Labute approximate surface area is 190 Å². The summed E-state index contributed by atoms with van der Waals surface area (Å²) in [6.07, 6.45) is 1.37. The van der Waals surface area contributed by atoms with Gasteiger partial charge in [0, 0.05) is 6.54 Å². The predicted molar refractivity (Wildman–Crippen MR) is 128 cm³/mol. The maximum atomic E-state index is 13.9. The van der Waals surface area contributed by atoms with Crippen LogP contribution in [-0.4, -0.2) is 29.1 Å². The van der Waals surface area contributed by atoms with E-state index in [9.17, 15) is 16.8 Å². The molecule has 0 aromatic heterocycles. The smallest absolute Gasteiger partial charge is 0.264 e. The summed E-state index contributed by atoms with van der Waals surface area (Å²) in [5.41, 5.74) is 2.36. The Morgan fingerprint density at radius 3 is 2.22 bits per heavy atom. The topological polar surface area (TPSA) is 74.8 Å². The Balaban J connectivity index is 1.80. The second-order valence-electron chi connectivity index (χ2n) is 7.88. The Hall–Kier alpha value is -2.84. The van der Waals surface area contributed by atoms with Crippen molar-refractivity contribution in [2.24, 2.45) is 0 Å². The molecule has 168 valence electrons. The number of nitrogens with zero attached hydrogens (tertiary/aromatic N) is 2. The number of para-hydroxylation sites is 1. The largest absolute Gasteiger partial charge is 0.270 e. The van der Waals surface area contributed by atoms with Gasteiger partial charge in [0.2, 0.25) is 10.0 Å². The van der Waals surface area contributed by atoms with Gasteiger partial charge in [-0.15, -0.1) is 0 Å². The van der Waals surface area contributed by atoms with Crippen molar-refractivity contribution in [2.75, 3.05) is 20.9 Å². The summed E-state index contributed by atoms with van der Waals surface area (Å²) in [6, 6.07) is 23.2. The van der Waals surface area contributed by atoms with Crippen molar-refractivity contribution in [3.05, 3.63) is 90.0 Å². The van der Waals surface area contributed by atoms with E-state index in [1.54, 1.807) is 43.3 Å². The van der Waals surface area contributed by atoms with Gasteiger partial charge in [-0.25, -0.2) is 16.8 Å². The zero-order valence-electron chi connectivity index (χ0n) is 17.9. The summed E-state index contributed by atoms with van der Waals surface area (Å²) in [5.74, 6) is 0.0765. The van der Waals surface area contributed by atoms with Crippen molar-refractivity contribution in [3.63, 3.8) is 0 Å². The van der Waals surface area contributed by atoms with E-state index in [2.05, 4.69) is 0 Å². The molecule has 0 spiro atoms. The van der Waals surface area contributed by atoms with Gasteiger partial charge in [-0.3, -0.25) is 8.61 Å². The van der Waals surface area contributed by atoms with Gasteiger partial charge in [-0.05, 0) is 55.2 Å². The van der Waals surface area contributed by atoms with Gasteiger partial charge < -0.3 is 0 Å². The molecular formula is C24H26N2O4S2. The van der Waals surface area contributed by atoms with Crippen LogP contribution in [0.5, 0.6) is 0 Å². The zero-order valence-corrected chi connectivity index (χ0v) is 19.5. The van der Waals surface area contributed by atoms with Gasteiger partial charge >= 0.3 is 0 Å². The fourth-order valence-corrected chi connectivity index (χ4v) is 7.21. The Morgan fingerprint density at radius 1 is 0.906 bits per heavy atom. The molecule has 0 atom stereocenters. The van der Waals surface area contributed by atoms with Crippen LogP contribution < -0.4 is 8.61 Å². The summed E-state index contributed by atoms with van der Waals surface area (Å²) < 4.78 is 55.7. The monoisotopic (exact) mass is 470 g/mol. The minimum Gasteiger partial charge on any atom is -0.270 e. The second-order valence-corrected chi connectivity index (χ2v) is 11.7. The molecule has 6 nitrogen and oxygen atoms in total. The third kappa shape index (κ3) is 4.52. The number of hydrogen-bond donors (Lipinski definition) is 0. The van der Waals surface area contributed by atoms with Crippen LogP contribution in [0.25, 0.3) is 0 Å². The summed E-state index contributed by atoms with van der Waals surface area (Å²) in [7, 11) is -7.42. The van der Waals surface area contributed by atoms with Gasteiger partial charge in [0.05, 0.1) is 28.6 Å². The van der Waals surface area contributed by atoms with Crippen molar-refractivity contribution < 1.29 is 16.8 Å². The first kappa shape index (κ1) is 22.4. The Kier molecular flexibility index (Phi) is 6.26. The predicted octanol–water partition coefficient (Wildman–Crippen LogP) is 4.32. The van der Waals surface area contributed by atoms with Gasteiger partial charge in [0.15, 0.2) is 0 Å². The molecular weight excluding hydrogens is 444 g/mol. The maximum Gasteiger partial charge on any atom is 0.264 e. The molecule has 3 aromatic carbocycles. The molecule has 0 bridgehead atoms. The molecule has 0 saturated carbocycles. The fourth-order valence-electron chi connectivity index (χ4n) is 3.88. The summed E-state index contributed by atoms with van der Waals surface area (Å²) in [4.78, 5) is 0.107. The molecule has 0 aliphatic carbocycles. The fraction of sp³-hybridized carbons (Fsp3) is 0.250. The van der Waals surface area contributed by atoms with Crippen LogP contribution in [0, 0.1) is 6.92 Å². The number of aryl methyl sites for hydroxylation is 1. The lowest BCUT2D eigenvalue weighted by molar-refractivity contribution is 0.573. The number of benzene rings is 3. The molecule has 0 radical (unpaired) electrons. The third-order valence-electron chi connectivity index (χ3n) is 5.59. The minimum atomic E-state index is -3.97. The Bertz CT molecular complexity index is 1290. The van der Waals surface area contributed by atoms with Crippen LogP contribution in [0.3, 0.4) is 0 Å². The molecule has 32 heavy (non-hydrogen) atoms. The summed E-state index contributed by atoms with van der Waals surface area (Å²) in [6.45, 7) is 2.25. The van der Waals surface area contributed by atoms with Gasteiger partial charge in [0.1, 0.15) is 0 Å². The SMILES string of the molecule is Cc1ccc(N2CCCCS2(=O)=O)cc1S(=O)(=O)N(Cc1ccccc1)c1ccccc1. The molecule has 1 fully saturated rings. The lowest BCUT2D eigenvalue weighted by Crippen LogP contribution is -2.38. The summed E-state index contributed by atoms with van der Waals surface area (Å²) >= 11 is 0. The van der Waals surface area contributed by atoms with Crippen molar-refractivity contribution in [1.29, 1.82) is 0 Å². The first-order valence-corrected chi connectivity index (χ1v) is 13.6. The average molecular weight is 471 g/mol. The normalized spacial score (nSPS) is 16.0. The van der Waals surface area contributed by atoms with E-state index >= 15 is 0 Å². The highest BCUT2D eigenvalue weighted by molar-refractivity contribution is 7.93. The van der Waals surface area contributed by atoms with E-state index < -0.39 is 20.0 Å². The van der Waals surface area contributed by atoms with Crippen molar-refractivity contribution in [2.45, 2.75) is 31.2 Å². The van der Waals surface area contributed by atoms with Crippen molar-refractivity contribution in [3.8, 4) is 0 Å². The van der Waals surface area contributed by atoms with Gasteiger partial charge in [-0.1, -0.05) is 54.6 Å².